The van der Waals surface area contributed by atoms with Gasteiger partial charge in [-0.15, -0.1) is 0 Å². The van der Waals surface area contributed by atoms with Gasteiger partial charge in [0.2, 0.25) is 0 Å². The van der Waals surface area contributed by atoms with Gasteiger partial charge in [0, 0.05) is 18.0 Å². The number of nitrogens with zero attached hydrogens (tertiary/aromatic N) is 2. The molecule has 0 saturated heterocycles. The molecule has 0 atom stereocenters. The van der Waals surface area contributed by atoms with E-state index in [0.29, 0.717) is 11.7 Å². The lowest BCUT2D eigenvalue weighted by Crippen LogP contribution is -2.43. The van der Waals surface area contributed by atoms with Gasteiger partial charge in [0.25, 0.3) is 0 Å². The summed E-state index contributed by atoms with van der Waals surface area (Å²) in [6.07, 6.45) is 3.29. The molecule has 0 radical (unpaired) electrons. The van der Waals surface area contributed by atoms with Gasteiger partial charge in [-0.25, -0.2) is 9.97 Å². The molecule has 6 heteroatoms. The average molecular weight is 294 g/mol. The maximum atomic E-state index is 9.46. The van der Waals surface area contributed by atoms with Crippen molar-refractivity contribution in [3.63, 3.8) is 0 Å². The summed E-state index contributed by atoms with van der Waals surface area (Å²) in [7, 11) is 0. The summed E-state index contributed by atoms with van der Waals surface area (Å²) in [5.74, 6) is 2.83. The minimum Gasteiger partial charge on any atom is -0.394 e. The third-order valence-electron chi connectivity index (χ3n) is 3.77. The Morgan fingerprint density at radius 3 is 2.33 bits per heavy atom. The molecule has 0 amide bonds. The zero-order valence-corrected chi connectivity index (χ0v) is 13.1. The Labute approximate surface area is 126 Å². The average Bonchev–Trinajstić information content (AvgIpc) is 3.32. The first kappa shape index (κ1) is 16.0. The number of nitrogens with one attached hydrogen (secondary N) is 2. The number of hydrogen-bond donors (Lipinski definition) is 4. The van der Waals surface area contributed by atoms with Crippen molar-refractivity contribution >= 4 is 11.6 Å². The van der Waals surface area contributed by atoms with E-state index in [1.54, 1.807) is 6.92 Å². The Balaban J connectivity index is 2.31. The second-order valence-electron chi connectivity index (χ2n) is 6.11. The molecule has 1 saturated carbocycles. The molecule has 21 heavy (non-hydrogen) atoms. The second kappa shape index (κ2) is 6.58. The smallest absolute Gasteiger partial charge is 0.136 e. The third kappa shape index (κ3) is 3.83. The molecule has 4 N–H and O–H groups in total. The minimum atomic E-state index is -0.790. The van der Waals surface area contributed by atoms with Crippen molar-refractivity contribution in [1.82, 2.24) is 9.97 Å². The fourth-order valence-electron chi connectivity index (χ4n) is 2.01. The molecule has 6 nitrogen and oxygen atoms in total. The highest BCUT2D eigenvalue weighted by molar-refractivity contribution is 5.58. The van der Waals surface area contributed by atoms with Crippen LogP contribution < -0.4 is 10.6 Å². The van der Waals surface area contributed by atoms with Crippen LogP contribution in [0.2, 0.25) is 0 Å². The van der Waals surface area contributed by atoms with E-state index in [0.717, 1.165) is 43.0 Å². The van der Waals surface area contributed by atoms with Crippen molar-refractivity contribution in [3.05, 3.63) is 11.4 Å². The van der Waals surface area contributed by atoms with E-state index < -0.39 is 5.54 Å². The van der Waals surface area contributed by atoms with E-state index in [9.17, 15) is 10.2 Å². The van der Waals surface area contributed by atoms with Crippen molar-refractivity contribution in [2.45, 2.75) is 51.5 Å². The van der Waals surface area contributed by atoms with E-state index in [2.05, 4.69) is 27.5 Å². The van der Waals surface area contributed by atoms with Gasteiger partial charge in [0.15, 0.2) is 0 Å². The Morgan fingerprint density at radius 1 is 1.19 bits per heavy atom. The van der Waals surface area contributed by atoms with Crippen molar-refractivity contribution in [1.29, 1.82) is 0 Å². The van der Waals surface area contributed by atoms with Crippen LogP contribution in [0.3, 0.4) is 0 Å². The molecular formula is C15H26N4O2. The largest absolute Gasteiger partial charge is 0.394 e. The summed E-state index contributed by atoms with van der Waals surface area (Å²) in [5.41, 5.74) is 0.128. The number of aliphatic hydroxyl groups is 2. The van der Waals surface area contributed by atoms with Crippen molar-refractivity contribution in [2.24, 2.45) is 0 Å². The molecule has 1 fully saturated rings. The Hall–Kier alpha value is -1.40. The minimum absolute atomic E-state index is 0.163. The van der Waals surface area contributed by atoms with Crippen LogP contribution in [0.15, 0.2) is 0 Å². The molecule has 1 aliphatic carbocycles. The van der Waals surface area contributed by atoms with Crippen LogP contribution in [0.1, 0.15) is 50.4 Å². The van der Waals surface area contributed by atoms with Crippen LogP contribution in [0, 0.1) is 6.92 Å². The quantitative estimate of drug-likeness (QED) is 0.583. The maximum Gasteiger partial charge on any atom is 0.136 e. The number of aromatic nitrogens is 2. The normalized spacial score (nSPS) is 15.1. The first-order valence-electron chi connectivity index (χ1n) is 7.65. The summed E-state index contributed by atoms with van der Waals surface area (Å²) in [6.45, 7) is 6.36. The first-order chi connectivity index (χ1) is 10.0. The molecule has 118 valence electrons. The second-order valence-corrected chi connectivity index (χ2v) is 6.11. The number of rotatable bonds is 8. The summed E-state index contributed by atoms with van der Waals surface area (Å²) in [5, 5.41) is 25.4. The highest BCUT2D eigenvalue weighted by Crippen LogP contribution is 2.39. The van der Waals surface area contributed by atoms with Crippen LogP contribution >= 0.6 is 0 Å². The van der Waals surface area contributed by atoms with Crippen molar-refractivity contribution in [2.75, 3.05) is 30.4 Å². The highest BCUT2D eigenvalue weighted by Gasteiger charge is 2.30. The van der Waals surface area contributed by atoms with E-state index in [1.807, 2.05) is 6.92 Å². The standard InChI is InChI=1S/C15H26N4O2/c1-4-7-16-12-10(2)13(19-15(3,8-20)9-21)18-14(17-12)11-5-6-11/h11,20-21H,4-9H2,1-3H3,(H2,16,17,18,19). The van der Waals surface area contributed by atoms with E-state index in [4.69, 9.17) is 0 Å². The Morgan fingerprint density at radius 2 is 1.81 bits per heavy atom. The molecule has 1 heterocycles. The SMILES string of the molecule is CCCNc1nc(C2CC2)nc(NC(C)(CO)CO)c1C. The molecule has 0 aromatic carbocycles. The topological polar surface area (TPSA) is 90.3 Å². The molecule has 0 bridgehead atoms. The van der Waals surface area contributed by atoms with Gasteiger partial charge < -0.3 is 20.8 Å². The Bertz CT molecular complexity index is 485. The molecule has 1 aromatic heterocycles. The summed E-state index contributed by atoms with van der Waals surface area (Å²) in [4.78, 5) is 9.23. The fraction of sp³-hybridized carbons (Fsp3) is 0.733. The van der Waals surface area contributed by atoms with Crippen LogP contribution in [-0.4, -0.2) is 45.5 Å². The van der Waals surface area contributed by atoms with Crippen LogP contribution in [-0.2, 0) is 0 Å². The van der Waals surface area contributed by atoms with Crippen LogP contribution in [0.5, 0.6) is 0 Å². The van der Waals surface area contributed by atoms with Crippen LogP contribution in [0.4, 0.5) is 11.6 Å². The lowest BCUT2D eigenvalue weighted by Gasteiger charge is -2.28. The molecule has 1 aliphatic rings. The summed E-state index contributed by atoms with van der Waals surface area (Å²) in [6, 6.07) is 0. The maximum absolute atomic E-state index is 9.46. The van der Waals surface area contributed by atoms with Gasteiger partial charge >= 0.3 is 0 Å². The first-order valence-corrected chi connectivity index (χ1v) is 7.65. The number of anilines is 2. The fourth-order valence-corrected chi connectivity index (χ4v) is 2.01. The van der Waals surface area contributed by atoms with Gasteiger partial charge in [-0.05, 0) is 33.1 Å². The van der Waals surface area contributed by atoms with E-state index in [1.165, 1.54) is 0 Å². The van der Waals surface area contributed by atoms with Gasteiger partial charge in [-0.2, -0.15) is 0 Å². The molecule has 2 rings (SSSR count). The number of aliphatic hydroxyl groups excluding tert-OH is 2. The molecule has 0 spiro atoms. The van der Waals surface area contributed by atoms with Gasteiger partial charge in [-0.1, -0.05) is 6.92 Å². The summed E-state index contributed by atoms with van der Waals surface area (Å²) >= 11 is 0. The summed E-state index contributed by atoms with van der Waals surface area (Å²) < 4.78 is 0. The lowest BCUT2D eigenvalue weighted by molar-refractivity contribution is 0.147. The molecular weight excluding hydrogens is 268 g/mol. The van der Waals surface area contributed by atoms with Gasteiger partial charge in [-0.3, -0.25) is 0 Å². The van der Waals surface area contributed by atoms with Crippen LogP contribution in [0.25, 0.3) is 0 Å². The predicted molar refractivity (Wildman–Crippen MR) is 83.7 cm³/mol. The predicted octanol–water partition coefficient (Wildman–Crippen LogP) is 1.64. The lowest BCUT2D eigenvalue weighted by atomic mass is 10.1. The van der Waals surface area contributed by atoms with E-state index >= 15 is 0 Å². The van der Waals surface area contributed by atoms with E-state index in [-0.39, 0.29) is 13.2 Å². The monoisotopic (exact) mass is 294 g/mol. The van der Waals surface area contributed by atoms with Crippen molar-refractivity contribution < 1.29 is 10.2 Å². The third-order valence-corrected chi connectivity index (χ3v) is 3.77. The number of hydrogen-bond acceptors (Lipinski definition) is 6. The molecule has 0 aliphatic heterocycles. The zero-order chi connectivity index (χ0) is 15.5. The Kier molecular flexibility index (Phi) is 5.00. The zero-order valence-electron chi connectivity index (χ0n) is 13.1. The molecule has 1 aromatic rings. The van der Waals surface area contributed by atoms with Gasteiger partial charge in [0.05, 0.1) is 18.8 Å². The molecule has 0 unspecified atom stereocenters. The highest BCUT2D eigenvalue weighted by atomic mass is 16.3. The van der Waals surface area contributed by atoms with Gasteiger partial charge in [0.1, 0.15) is 17.5 Å². The van der Waals surface area contributed by atoms with Crippen molar-refractivity contribution in [3.8, 4) is 0 Å².